The Morgan fingerprint density at radius 1 is 1.05 bits per heavy atom. The van der Waals surface area contributed by atoms with Crippen LogP contribution in [0.25, 0.3) is 0 Å². The summed E-state index contributed by atoms with van der Waals surface area (Å²) in [7, 11) is 0. The number of nitrogens with zero attached hydrogens (tertiary/aromatic N) is 2. The van der Waals surface area contributed by atoms with Crippen molar-refractivity contribution in [1.82, 2.24) is 9.55 Å². The number of aromatic nitrogens is 2. The molecule has 3 aromatic rings. The van der Waals surface area contributed by atoms with Crippen LogP contribution in [0.4, 0.5) is 5.95 Å². The lowest BCUT2D eigenvalue weighted by molar-refractivity contribution is 0.481. The van der Waals surface area contributed by atoms with E-state index >= 15 is 0 Å². The number of rotatable bonds is 4. The maximum atomic E-state index is 5.87. The Labute approximate surface area is 123 Å². The van der Waals surface area contributed by atoms with Gasteiger partial charge in [0.1, 0.15) is 11.5 Å². The van der Waals surface area contributed by atoms with Crippen molar-refractivity contribution >= 4 is 5.95 Å². The minimum Gasteiger partial charge on any atom is -0.457 e. The van der Waals surface area contributed by atoms with Gasteiger partial charge in [0.25, 0.3) is 0 Å². The molecule has 0 aliphatic heterocycles. The van der Waals surface area contributed by atoms with E-state index in [0.717, 1.165) is 22.8 Å². The molecule has 0 amide bonds. The van der Waals surface area contributed by atoms with Gasteiger partial charge in [-0.3, -0.25) is 0 Å². The van der Waals surface area contributed by atoms with Crippen LogP contribution < -0.4 is 10.5 Å². The van der Waals surface area contributed by atoms with Crippen LogP contribution >= 0.6 is 0 Å². The highest BCUT2D eigenvalue weighted by Gasteiger charge is 2.05. The van der Waals surface area contributed by atoms with Crippen LogP contribution in [0.2, 0.25) is 0 Å². The van der Waals surface area contributed by atoms with Gasteiger partial charge in [-0.25, -0.2) is 4.98 Å². The average molecular weight is 279 g/mol. The van der Waals surface area contributed by atoms with E-state index in [2.05, 4.69) is 11.1 Å². The molecule has 0 fully saturated rings. The number of ether oxygens (including phenoxy) is 1. The summed E-state index contributed by atoms with van der Waals surface area (Å²) >= 11 is 0. The molecule has 0 spiro atoms. The van der Waals surface area contributed by atoms with Crippen molar-refractivity contribution in [1.29, 1.82) is 0 Å². The monoisotopic (exact) mass is 279 g/mol. The van der Waals surface area contributed by atoms with E-state index in [4.69, 9.17) is 10.5 Å². The second-order valence-electron chi connectivity index (χ2n) is 4.91. The Kier molecular flexibility index (Phi) is 3.60. The van der Waals surface area contributed by atoms with Crippen LogP contribution in [-0.4, -0.2) is 9.55 Å². The predicted molar refractivity (Wildman–Crippen MR) is 83.4 cm³/mol. The molecule has 0 unspecified atom stereocenters. The fraction of sp³-hybridized carbons (Fsp3) is 0.118. The first-order valence-corrected chi connectivity index (χ1v) is 6.82. The van der Waals surface area contributed by atoms with Gasteiger partial charge >= 0.3 is 0 Å². The average Bonchev–Trinajstić information content (AvgIpc) is 2.81. The van der Waals surface area contributed by atoms with E-state index in [1.165, 1.54) is 0 Å². The lowest BCUT2D eigenvalue weighted by Gasteiger charge is -2.10. The third-order valence-electron chi connectivity index (χ3n) is 3.30. The zero-order valence-corrected chi connectivity index (χ0v) is 11.9. The van der Waals surface area contributed by atoms with Gasteiger partial charge in [-0.2, -0.15) is 0 Å². The second-order valence-corrected chi connectivity index (χ2v) is 4.91. The third-order valence-corrected chi connectivity index (χ3v) is 3.30. The maximum Gasteiger partial charge on any atom is 0.200 e. The van der Waals surface area contributed by atoms with Crippen LogP contribution in [-0.2, 0) is 6.54 Å². The quantitative estimate of drug-likeness (QED) is 0.793. The van der Waals surface area contributed by atoms with Crippen LogP contribution in [0.1, 0.15) is 11.3 Å². The number of imidazole rings is 1. The molecule has 0 aliphatic carbocycles. The highest BCUT2D eigenvalue weighted by Crippen LogP contribution is 2.22. The molecule has 0 saturated heterocycles. The number of nitrogens with two attached hydrogens (primary N) is 1. The minimum atomic E-state index is 0.530. The first-order valence-electron chi connectivity index (χ1n) is 6.82. The van der Waals surface area contributed by atoms with Gasteiger partial charge in [-0.05, 0) is 36.8 Å². The van der Waals surface area contributed by atoms with Crippen molar-refractivity contribution in [3.63, 3.8) is 0 Å². The van der Waals surface area contributed by atoms with E-state index < -0.39 is 0 Å². The molecule has 3 rings (SSSR count). The van der Waals surface area contributed by atoms with Crippen LogP contribution in [0.5, 0.6) is 11.5 Å². The molecule has 0 radical (unpaired) electrons. The normalized spacial score (nSPS) is 10.5. The topological polar surface area (TPSA) is 53.1 Å². The van der Waals surface area contributed by atoms with Gasteiger partial charge in [-0.1, -0.05) is 30.3 Å². The molecule has 4 nitrogen and oxygen atoms in total. The lowest BCUT2D eigenvalue weighted by atomic mass is 10.2. The fourth-order valence-corrected chi connectivity index (χ4v) is 2.20. The molecule has 2 N–H and O–H groups in total. The summed E-state index contributed by atoms with van der Waals surface area (Å²) in [6.45, 7) is 2.68. The van der Waals surface area contributed by atoms with Crippen LogP contribution in [0.15, 0.2) is 60.8 Å². The number of hydrogen-bond acceptors (Lipinski definition) is 3. The number of hydrogen-bond donors (Lipinski definition) is 1. The van der Waals surface area contributed by atoms with Gasteiger partial charge < -0.3 is 15.0 Å². The highest BCUT2D eigenvalue weighted by atomic mass is 16.5. The number of para-hydroxylation sites is 1. The van der Waals surface area contributed by atoms with Crippen molar-refractivity contribution in [2.75, 3.05) is 5.73 Å². The van der Waals surface area contributed by atoms with Crippen molar-refractivity contribution in [3.05, 3.63) is 72.1 Å². The van der Waals surface area contributed by atoms with Gasteiger partial charge in [0.15, 0.2) is 0 Å². The molecule has 2 aromatic carbocycles. The molecule has 0 aliphatic rings. The molecule has 0 saturated carbocycles. The molecule has 0 atom stereocenters. The zero-order valence-electron chi connectivity index (χ0n) is 11.9. The molecule has 21 heavy (non-hydrogen) atoms. The summed E-state index contributed by atoms with van der Waals surface area (Å²) in [6, 6.07) is 17.7. The number of anilines is 1. The van der Waals surface area contributed by atoms with Crippen molar-refractivity contribution in [2.45, 2.75) is 13.5 Å². The summed E-state index contributed by atoms with van der Waals surface area (Å²) in [5, 5.41) is 0. The number of aryl methyl sites for hydroxylation is 1. The lowest BCUT2D eigenvalue weighted by Crippen LogP contribution is -2.06. The standard InChI is InChI=1S/C17H17N3O/c1-13-11-19-17(18)20(13)12-14-6-5-9-16(10-14)21-15-7-3-2-4-8-15/h2-11H,12H2,1H3,(H2,18,19). The van der Waals surface area contributed by atoms with E-state index in [1.807, 2.05) is 60.0 Å². The van der Waals surface area contributed by atoms with Crippen molar-refractivity contribution in [3.8, 4) is 11.5 Å². The van der Waals surface area contributed by atoms with Crippen LogP contribution in [0, 0.1) is 6.92 Å². The Morgan fingerprint density at radius 2 is 1.81 bits per heavy atom. The number of benzene rings is 2. The Balaban J connectivity index is 1.80. The summed E-state index contributed by atoms with van der Waals surface area (Å²) in [6.07, 6.45) is 1.78. The first kappa shape index (κ1) is 13.2. The zero-order chi connectivity index (χ0) is 14.7. The molecule has 0 bridgehead atoms. The first-order chi connectivity index (χ1) is 10.2. The SMILES string of the molecule is Cc1cnc(N)n1Cc1cccc(Oc2ccccc2)c1. The predicted octanol–water partition coefficient (Wildman–Crippen LogP) is 3.61. The van der Waals surface area contributed by atoms with Gasteiger partial charge in [0.2, 0.25) is 5.95 Å². The summed E-state index contributed by atoms with van der Waals surface area (Å²) < 4.78 is 7.82. The smallest absolute Gasteiger partial charge is 0.200 e. The third kappa shape index (κ3) is 3.05. The van der Waals surface area contributed by atoms with E-state index in [1.54, 1.807) is 6.20 Å². The van der Waals surface area contributed by atoms with E-state index in [9.17, 15) is 0 Å². The molecule has 106 valence electrons. The van der Waals surface area contributed by atoms with Crippen molar-refractivity contribution in [2.24, 2.45) is 0 Å². The largest absolute Gasteiger partial charge is 0.457 e. The number of nitrogen functional groups attached to an aromatic ring is 1. The summed E-state index contributed by atoms with van der Waals surface area (Å²) in [5.74, 6) is 2.17. The summed E-state index contributed by atoms with van der Waals surface area (Å²) in [5.41, 5.74) is 8.04. The minimum absolute atomic E-state index is 0.530. The summed E-state index contributed by atoms with van der Waals surface area (Å²) in [4.78, 5) is 4.11. The molecule has 1 heterocycles. The Bertz CT molecular complexity index is 715. The molecule has 1 aromatic heterocycles. The van der Waals surface area contributed by atoms with E-state index in [0.29, 0.717) is 12.5 Å². The molecule has 4 heteroatoms. The fourth-order valence-electron chi connectivity index (χ4n) is 2.20. The van der Waals surface area contributed by atoms with Gasteiger partial charge in [0, 0.05) is 5.69 Å². The van der Waals surface area contributed by atoms with Gasteiger partial charge in [0.05, 0.1) is 12.7 Å². The Morgan fingerprint density at radius 3 is 2.52 bits per heavy atom. The molecular weight excluding hydrogens is 262 g/mol. The van der Waals surface area contributed by atoms with Crippen molar-refractivity contribution < 1.29 is 4.74 Å². The Hall–Kier alpha value is -2.75. The van der Waals surface area contributed by atoms with E-state index in [-0.39, 0.29) is 0 Å². The highest BCUT2D eigenvalue weighted by molar-refractivity contribution is 5.35. The van der Waals surface area contributed by atoms with Gasteiger partial charge in [-0.15, -0.1) is 0 Å². The second kappa shape index (κ2) is 5.71. The maximum absolute atomic E-state index is 5.87. The van der Waals surface area contributed by atoms with Crippen LogP contribution in [0.3, 0.4) is 0 Å². The molecular formula is C17H17N3O.